The fraction of sp³-hybridized carbons (Fsp3) is 0.207. The summed E-state index contributed by atoms with van der Waals surface area (Å²) in [6, 6.07) is 15.1. The van der Waals surface area contributed by atoms with Crippen molar-refractivity contribution in [2.45, 2.75) is 33.7 Å². The molecular weight excluding hydrogens is 518 g/mol. The van der Waals surface area contributed by atoms with Crippen LogP contribution in [-0.2, 0) is 9.53 Å². The van der Waals surface area contributed by atoms with Crippen molar-refractivity contribution in [1.82, 2.24) is 4.57 Å². The van der Waals surface area contributed by atoms with Crippen molar-refractivity contribution in [2.75, 3.05) is 6.61 Å². The average molecular weight is 544 g/mol. The molecular formula is C29H25N3O6S. The molecule has 0 bridgehead atoms. The molecule has 0 saturated heterocycles. The molecule has 0 aliphatic carbocycles. The number of benzene rings is 2. The highest BCUT2D eigenvalue weighted by Gasteiger charge is 2.33. The number of ether oxygens (including phenoxy) is 1. The maximum Gasteiger partial charge on any atom is 0.338 e. The van der Waals surface area contributed by atoms with Gasteiger partial charge >= 0.3 is 5.97 Å². The predicted octanol–water partition coefficient (Wildman–Crippen LogP) is 4.58. The van der Waals surface area contributed by atoms with Crippen LogP contribution in [-0.4, -0.2) is 22.1 Å². The molecule has 198 valence electrons. The number of nitrogens with zero attached hydrogens (tertiary/aromatic N) is 3. The molecule has 4 aromatic rings. The quantitative estimate of drug-likeness (QED) is 0.200. The summed E-state index contributed by atoms with van der Waals surface area (Å²) in [4.78, 5) is 42.9. The molecule has 0 spiro atoms. The number of rotatable bonds is 6. The van der Waals surface area contributed by atoms with E-state index in [1.165, 1.54) is 22.0 Å². The smallest absolute Gasteiger partial charge is 0.338 e. The lowest BCUT2D eigenvalue weighted by Crippen LogP contribution is -2.39. The van der Waals surface area contributed by atoms with Crippen LogP contribution in [0.2, 0.25) is 0 Å². The first-order valence-corrected chi connectivity index (χ1v) is 13.1. The van der Waals surface area contributed by atoms with Gasteiger partial charge in [-0.3, -0.25) is 19.5 Å². The Morgan fingerprint density at radius 3 is 2.54 bits per heavy atom. The number of carbonyl (C=O) groups is 1. The monoisotopic (exact) mass is 543 g/mol. The number of aryl methyl sites for hydroxylation is 2. The van der Waals surface area contributed by atoms with E-state index in [1.807, 2.05) is 31.2 Å². The van der Waals surface area contributed by atoms with Crippen LogP contribution >= 0.6 is 11.3 Å². The van der Waals surface area contributed by atoms with Crippen LogP contribution in [0.1, 0.15) is 42.3 Å². The average Bonchev–Trinajstić information content (AvgIpc) is 3.48. The first-order chi connectivity index (χ1) is 18.7. The van der Waals surface area contributed by atoms with Crippen LogP contribution in [0.15, 0.2) is 80.1 Å². The van der Waals surface area contributed by atoms with E-state index in [-0.39, 0.29) is 17.9 Å². The number of allylic oxidation sites excluding steroid dienone is 1. The number of hydrogen-bond acceptors (Lipinski definition) is 8. The van der Waals surface area contributed by atoms with Gasteiger partial charge < -0.3 is 9.15 Å². The van der Waals surface area contributed by atoms with Gasteiger partial charge in [0.25, 0.3) is 11.2 Å². The molecule has 39 heavy (non-hydrogen) atoms. The summed E-state index contributed by atoms with van der Waals surface area (Å²) in [6.45, 7) is 7.40. The molecule has 1 unspecified atom stereocenters. The van der Waals surface area contributed by atoms with E-state index in [2.05, 4.69) is 4.99 Å². The van der Waals surface area contributed by atoms with Gasteiger partial charge in [-0.1, -0.05) is 47.2 Å². The third kappa shape index (κ3) is 4.86. The lowest BCUT2D eigenvalue weighted by Gasteiger charge is -2.24. The Balaban J connectivity index is 1.63. The van der Waals surface area contributed by atoms with Crippen LogP contribution in [0.5, 0.6) is 0 Å². The van der Waals surface area contributed by atoms with Crippen molar-refractivity contribution in [1.29, 1.82) is 0 Å². The number of fused-ring (bicyclic) bond motifs is 1. The van der Waals surface area contributed by atoms with E-state index in [0.717, 1.165) is 16.7 Å². The number of nitro benzene ring substituents is 1. The minimum atomic E-state index is -0.703. The topological polar surface area (TPSA) is 117 Å². The Hall–Kier alpha value is -4.57. The highest BCUT2D eigenvalue weighted by Crippen LogP contribution is 2.33. The number of hydrogen-bond donors (Lipinski definition) is 0. The van der Waals surface area contributed by atoms with E-state index in [9.17, 15) is 19.7 Å². The van der Waals surface area contributed by atoms with Crippen LogP contribution in [0.3, 0.4) is 0 Å². The van der Waals surface area contributed by atoms with Gasteiger partial charge in [-0.05, 0) is 57.0 Å². The Kier molecular flexibility index (Phi) is 6.88. The fourth-order valence-electron chi connectivity index (χ4n) is 4.56. The van der Waals surface area contributed by atoms with Crippen molar-refractivity contribution in [3.8, 4) is 11.3 Å². The standard InChI is InChI=1S/C29H25N3O6S/c1-5-37-28(34)25-18(4)30-29-31(26(25)19-9-6-16(2)7-10-19)27(33)24(39-29)15-20-11-13-23(38-20)21-12-8-17(3)14-22(21)32(35)36/h6-15,26H,5H2,1-4H3. The maximum atomic E-state index is 13.7. The second-order valence-electron chi connectivity index (χ2n) is 9.19. The summed E-state index contributed by atoms with van der Waals surface area (Å²) in [6.07, 6.45) is 1.59. The zero-order valence-corrected chi connectivity index (χ0v) is 22.6. The van der Waals surface area contributed by atoms with Crippen molar-refractivity contribution < 1.29 is 18.9 Å². The predicted molar refractivity (Wildman–Crippen MR) is 147 cm³/mol. The maximum absolute atomic E-state index is 13.7. The molecule has 0 fully saturated rings. The van der Waals surface area contributed by atoms with Crippen LogP contribution in [0.4, 0.5) is 5.69 Å². The van der Waals surface area contributed by atoms with Crippen LogP contribution in [0, 0.1) is 24.0 Å². The molecule has 0 radical (unpaired) electrons. The molecule has 0 N–H and O–H groups in total. The summed E-state index contributed by atoms with van der Waals surface area (Å²) < 4.78 is 13.1. The van der Waals surface area contributed by atoms with Crippen molar-refractivity contribution in [2.24, 2.45) is 4.99 Å². The second-order valence-corrected chi connectivity index (χ2v) is 10.2. The zero-order chi connectivity index (χ0) is 27.8. The molecule has 0 amide bonds. The van der Waals surface area contributed by atoms with E-state index in [4.69, 9.17) is 9.15 Å². The molecule has 1 atom stereocenters. The number of carbonyl (C=O) groups excluding carboxylic acids is 1. The van der Waals surface area contributed by atoms with Crippen molar-refractivity contribution in [3.05, 3.63) is 118 Å². The fourth-order valence-corrected chi connectivity index (χ4v) is 5.59. The number of thiazole rings is 1. The molecule has 2 aromatic heterocycles. The number of furan rings is 1. The largest absolute Gasteiger partial charge is 0.463 e. The van der Waals surface area contributed by atoms with Crippen LogP contribution < -0.4 is 14.9 Å². The van der Waals surface area contributed by atoms with Crippen molar-refractivity contribution in [3.63, 3.8) is 0 Å². The van der Waals surface area contributed by atoms with Crippen LogP contribution in [0.25, 0.3) is 17.4 Å². The molecule has 9 nitrogen and oxygen atoms in total. The van der Waals surface area contributed by atoms with Gasteiger partial charge in [0, 0.05) is 12.1 Å². The summed E-state index contributed by atoms with van der Waals surface area (Å²) in [5.41, 5.74) is 3.32. The molecule has 10 heteroatoms. The zero-order valence-electron chi connectivity index (χ0n) is 21.8. The van der Waals surface area contributed by atoms with Gasteiger partial charge in [-0.25, -0.2) is 9.79 Å². The van der Waals surface area contributed by atoms with Gasteiger partial charge in [0.2, 0.25) is 0 Å². The lowest BCUT2D eigenvalue weighted by atomic mass is 9.95. The Morgan fingerprint density at radius 1 is 1.13 bits per heavy atom. The third-order valence-electron chi connectivity index (χ3n) is 6.43. The van der Waals surface area contributed by atoms with Crippen molar-refractivity contribution >= 4 is 29.1 Å². The van der Waals surface area contributed by atoms with E-state index >= 15 is 0 Å². The molecule has 1 aliphatic rings. The van der Waals surface area contributed by atoms with E-state index < -0.39 is 16.9 Å². The normalized spacial score (nSPS) is 15.2. The number of nitro groups is 1. The Labute approximate surface area is 227 Å². The van der Waals surface area contributed by atoms with Gasteiger partial charge in [0.1, 0.15) is 11.5 Å². The summed E-state index contributed by atoms with van der Waals surface area (Å²) >= 11 is 1.18. The van der Waals surface area contributed by atoms with Gasteiger partial charge in [-0.2, -0.15) is 0 Å². The van der Waals surface area contributed by atoms with Gasteiger partial charge in [-0.15, -0.1) is 0 Å². The van der Waals surface area contributed by atoms with Gasteiger partial charge in [0.05, 0.1) is 38.9 Å². The Morgan fingerprint density at radius 2 is 1.85 bits per heavy atom. The minimum Gasteiger partial charge on any atom is -0.463 e. The molecule has 2 aromatic carbocycles. The van der Waals surface area contributed by atoms with E-state index in [0.29, 0.717) is 37.7 Å². The molecule has 0 saturated carbocycles. The molecule has 5 rings (SSSR count). The first-order valence-electron chi connectivity index (χ1n) is 12.3. The number of esters is 1. The summed E-state index contributed by atoms with van der Waals surface area (Å²) in [7, 11) is 0. The lowest BCUT2D eigenvalue weighted by molar-refractivity contribution is -0.384. The highest BCUT2D eigenvalue weighted by atomic mass is 32.1. The third-order valence-corrected chi connectivity index (χ3v) is 7.41. The number of aromatic nitrogens is 1. The van der Waals surface area contributed by atoms with Gasteiger partial charge in [0.15, 0.2) is 4.80 Å². The summed E-state index contributed by atoms with van der Waals surface area (Å²) in [5.74, 6) is 0.158. The Bertz CT molecular complexity index is 1830. The summed E-state index contributed by atoms with van der Waals surface area (Å²) in [5, 5.41) is 11.6. The minimum absolute atomic E-state index is 0.0599. The SMILES string of the molecule is CCOC(=O)C1=C(C)N=c2sc(=Cc3ccc(-c4ccc(C)cc4[N+](=O)[O-])o3)c(=O)n2C1c1ccc(C)cc1. The molecule has 3 heterocycles. The first kappa shape index (κ1) is 26.1. The molecule has 1 aliphatic heterocycles. The second kappa shape index (κ2) is 10.3. The van der Waals surface area contributed by atoms with E-state index in [1.54, 1.807) is 51.1 Å². The highest BCUT2D eigenvalue weighted by molar-refractivity contribution is 7.07.